The largest absolute Gasteiger partial charge is 0.380 e. The fourth-order valence-corrected chi connectivity index (χ4v) is 1.88. The van der Waals surface area contributed by atoms with Crippen LogP contribution in [0, 0.1) is 0 Å². The summed E-state index contributed by atoms with van der Waals surface area (Å²) in [5.41, 5.74) is 6.86. The second-order valence-electron chi connectivity index (χ2n) is 4.32. The zero-order chi connectivity index (χ0) is 11.6. The molecule has 0 unspecified atom stereocenters. The molecule has 0 atom stereocenters. The molecular formula is C14H23NO. The minimum absolute atomic E-state index is 0.536. The SMILES string of the molecule is COCc1ccccc1.NC1CCCCC1. The highest BCUT2D eigenvalue weighted by Gasteiger charge is 2.06. The van der Waals surface area contributed by atoms with Gasteiger partial charge in [0, 0.05) is 13.2 Å². The molecule has 90 valence electrons. The van der Waals surface area contributed by atoms with Crippen LogP contribution < -0.4 is 5.73 Å². The summed E-state index contributed by atoms with van der Waals surface area (Å²) in [7, 11) is 1.70. The third-order valence-corrected chi connectivity index (χ3v) is 2.80. The van der Waals surface area contributed by atoms with Crippen molar-refractivity contribution in [1.82, 2.24) is 0 Å². The Morgan fingerprint density at radius 3 is 2.19 bits per heavy atom. The molecule has 0 aromatic heterocycles. The van der Waals surface area contributed by atoms with Crippen LogP contribution in [0.3, 0.4) is 0 Å². The highest BCUT2D eigenvalue weighted by atomic mass is 16.5. The van der Waals surface area contributed by atoms with Crippen LogP contribution in [0.2, 0.25) is 0 Å². The van der Waals surface area contributed by atoms with Gasteiger partial charge in [0.2, 0.25) is 0 Å². The molecular weight excluding hydrogens is 198 g/mol. The van der Waals surface area contributed by atoms with Crippen LogP contribution in [0.1, 0.15) is 37.7 Å². The van der Waals surface area contributed by atoms with Crippen molar-refractivity contribution in [3.63, 3.8) is 0 Å². The first-order chi connectivity index (χ1) is 7.83. The maximum Gasteiger partial charge on any atom is 0.0713 e. The smallest absolute Gasteiger partial charge is 0.0713 e. The van der Waals surface area contributed by atoms with E-state index in [1.54, 1.807) is 7.11 Å². The Bertz CT molecular complexity index is 255. The van der Waals surface area contributed by atoms with E-state index >= 15 is 0 Å². The summed E-state index contributed by atoms with van der Waals surface area (Å²) < 4.78 is 4.93. The van der Waals surface area contributed by atoms with Crippen molar-refractivity contribution in [2.45, 2.75) is 44.8 Å². The van der Waals surface area contributed by atoms with Crippen molar-refractivity contribution in [2.24, 2.45) is 5.73 Å². The molecule has 0 bridgehead atoms. The molecule has 2 heteroatoms. The molecule has 1 aromatic carbocycles. The predicted octanol–water partition coefficient (Wildman–Crippen LogP) is 3.11. The number of hydrogen-bond acceptors (Lipinski definition) is 2. The number of rotatable bonds is 2. The summed E-state index contributed by atoms with van der Waals surface area (Å²) in [4.78, 5) is 0. The second kappa shape index (κ2) is 8.31. The summed E-state index contributed by atoms with van der Waals surface area (Å²) in [6.45, 7) is 0.709. The van der Waals surface area contributed by atoms with Gasteiger partial charge in [0.1, 0.15) is 0 Å². The summed E-state index contributed by atoms with van der Waals surface area (Å²) >= 11 is 0. The van der Waals surface area contributed by atoms with Crippen LogP contribution in [0.15, 0.2) is 30.3 Å². The minimum atomic E-state index is 0.536. The van der Waals surface area contributed by atoms with E-state index in [-0.39, 0.29) is 0 Å². The molecule has 2 N–H and O–H groups in total. The summed E-state index contributed by atoms with van der Waals surface area (Å²) in [6.07, 6.45) is 6.66. The van der Waals surface area contributed by atoms with E-state index in [4.69, 9.17) is 10.5 Å². The highest BCUT2D eigenvalue weighted by molar-refractivity contribution is 5.13. The Morgan fingerprint density at radius 1 is 1.12 bits per heavy atom. The van der Waals surface area contributed by atoms with Gasteiger partial charge in [0.05, 0.1) is 6.61 Å². The molecule has 0 amide bonds. The third kappa shape index (κ3) is 5.89. The van der Waals surface area contributed by atoms with E-state index in [1.165, 1.54) is 37.7 Å². The maximum absolute atomic E-state index is 5.63. The Hall–Kier alpha value is -0.860. The van der Waals surface area contributed by atoms with Crippen LogP contribution in [0.5, 0.6) is 0 Å². The lowest BCUT2D eigenvalue weighted by molar-refractivity contribution is 0.185. The van der Waals surface area contributed by atoms with E-state index < -0.39 is 0 Å². The second-order valence-corrected chi connectivity index (χ2v) is 4.32. The van der Waals surface area contributed by atoms with Crippen LogP contribution in [0.25, 0.3) is 0 Å². The molecule has 1 aliphatic rings. The van der Waals surface area contributed by atoms with Gasteiger partial charge in [-0.05, 0) is 18.4 Å². The van der Waals surface area contributed by atoms with Gasteiger partial charge in [0.25, 0.3) is 0 Å². The number of hydrogen-bond donors (Lipinski definition) is 1. The third-order valence-electron chi connectivity index (χ3n) is 2.80. The standard InChI is InChI=1S/C8H10O.C6H13N/c1-9-7-8-5-3-2-4-6-8;7-6-4-2-1-3-5-6/h2-6H,7H2,1H3;6H,1-5,7H2. The number of methoxy groups -OCH3 is 1. The average molecular weight is 221 g/mol. The topological polar surface area (TPSA) is 35.2 Å². The van der Waals surface area contributed by atoms with E-state index in [9.17, 15) is 0 Å². The van der Waals surface area contributed by atoms with Gasteiger partial charge < -0.3 is 10.5 Å². The molecule has 0 saturated heterocycles. The van der Waals surface area contributed by atoms with E-state index in [0.717, 1.165) is 0 Å². The molecule has 2 rings (SSSR count). The molecule has 1 aromatic rings. The quantitative estimate of drug-likeness (QED) is 0.832. The molecule has 16 heavy (non-hydrogen) atoms. The van der Waals surface area contributed by atoms with E-state index in [1.807, 2.05) is 30.3 Å². The lowest BCUT2D eigenvalue weighted by Gasteiger charge is -2.15. The fourth-order valence-electron chi connectivity index (χ4n) is 1.88. The molecule has 0 aliphatic heterocycles. The first kappa shape index (κ1) is 13.2. The van der Waals surface area contributed by atoms with Gasteiger partial charge in [0.15, 0.2) is 0 Å². The summed E-state index contributed by atoms with van der Waals surface area (Å²) in [5, 5.41) is 0. The lowest BCUT2D eigenvalue weighted by Crippen LogP contribution is -2.22. The monoisotopic (exact) mass is 221 g/mol. The Labute approximate surface area is 98.8 Å². The van der Waals surface area contributed by atoms with Crippen molar-refractivity contribution in [2.75, 3.05) is 7.11 Å². The summed E-state index contributed by atoms with van der Waals surface area (Å²) in [6, 6.07) is 10.6. The number of nitrogens with two attached hydrogens (primary N) is 1. The van der Waals surface area contributed by atoms with Gasteiger partial charge in [-0.3, -0.25) is 0 Å². The van der Waals surface area contributed by atoms with Crippen LogP contribution >= 0.6 is 0 Å². The Balaban J connectivity index is 0.000000165. The average Bonchev–Trinajstić information content (AvgIpc) is 2.33. The molecule has 0 heterocycles. The molecule has 0 radical (unpaired) electrons. The Morgan fingerprint density at radius 2 is 1.75 bits per heavy atom. The first-order valence-electron chi connectivity index (χ1n) is 6.11. The number of benzene rings is 1. The summed E-state index contributed by atoms with van der Waals surface area (Å²) in [5.74, 6) is 0. The normalized spacial score (nSPS) is 16.4. The predicted molar refractivity (Wildman–Crippen MR) is 68.2 cm³/mol. The van der Waals surface area contributed by atoms with Gasteiger partial charge in [-0.1, -0.05) is 49.6 Å². The minimum Gasteiger partial charge on any atom is -0.380 e. The number of ether oxygens (including phenoxy) is 1. The van der Waals surface area contributed by atoms with Crippen molar-refractivity contribution in [3.05, 3.63) is 35.9 Å². The first-order valence-corrected chi connectivity index (χ1v) is 6.11. The van der Waals surface area contributed by atoms with E-state index in [0.29, 0.717) is 12.6 Å². The van der Waals surface area contributed by atoms with Gasteiger partial charge in [-0.15, -0.1) is 0 Å². The van der Waals surface area contributed by atoms with Crippen molar-refractivity contribution in [1.29, 1.82) is 0 Å². The fraction of sp³-hybridized carbons (Fsp3) is 0.571. The van der Waals surface area contributed by atoms with Crippen LogP contribution in [0.4, 0.5) is 0 Å². The highest BCUT2D eigenvalue weighted by Crippen LogP contribution is 2.14. The van der Waals surface area contributed by atoms with Crippen molar-refractivity contribution < 1.29 is 4.74 Å². The van der Waals surface area contributed by atoms with Crippen LogP contribution in [-0.2, 0) is 11.3 Å². The maximum atomic E-state index is 5.63. The zero-order valence-electron chi connectivity index (χ0n) is 10.2. The van der Waals surface area contributed by atoms with Crippen molar-refractivity contribution >= 4 is 0 Å². The Kier molecular flexibility index (Phi) is 6.86. The zero-order valence-corrected chi connectivity index (χ0v) is 10.2. The molecule has 1 fully saturated rings. The van der Waals surface area contributed by atoms with Gasteiger partial charge in [-0.25, -0.2) is 0 Å². The molecule has 2 nitrogen and oxygen atoms in total. The van der Waals surface area contributed by atoms with Crippen LogP contribution in [-0.4, -0.2) is 13.2 Å². The van der Waals surface area contributed by atoms with Gasteiger partial charge in [-0.2, -0.15) is 0 Å². The molecule has 1 aliphatic carbocycles. The lowest BCUT2D eigenvalue weighted by atomic mass is 9.97. The van der Waals surface area contributed by atoms with Crippen molar-refractivity contribution in [3.8, 4) is 0 Å². The molecule has 1 saturated carbocycles. The van der Waals surface area contributed by atoms with E-state index in [2.05, 4.69) is 0 Å². The molecule has 0 spiro atoms. The van der Waals surface area contributed by atoms with Gasteiger partial charge >= 0.3 is 0 Å².